The molecule has 0 saturated carbocycles. The molecule has 2 rings (SSSR count). The van der Waals surface area contributed by atoms with Gasteiger partial charge >= 0.3 is 5.97 Å². The lowest BCUT2D eigenvalue weighted by molar-refractivity contribution is -0.141. The minimum atomic E-state index is -0.540. The highest BCUT2D eigenvalue weighted by Gasteiger charge is 2.26. The van der Waals surface area contributed by atoms with Crippen molar-refractivity contribution in [3.05, 3.63) is 30.0 Å². The fourth-order valence-electron chi connectivity index (χ4n) is 3.96. The number of benzene rings is 1. The van der Waals surface area contributed by atoms with Crippen LogP contribution in [0.4, 0.5) is 0 Å². The van der Waals surface area contributed by atoms with Gasteiger partial charge in [0.1, 0.15) is 18.0 Å². The van der Waals surface area contributed by atoms with Crippen LogP contribution in [0.3, 0.4) is 0 Å². The molecular weight excluding hydrogens is 476 g/mol. The van der Waals surface area contributed by atoms with Gasteiger partial charge < -0.3 is 24.8 Å². The van der Waals surface area contributed by atoms with Crippen molar-refractivity contribution >= 4 is 17.8 Å². The third-order valence-corrected chi connectivity index (χ3v) is 5.50. The molecule has 0 spiro atoms. The number of hydrogen-bond acceptors (Lipinski definition) is 7. The normalized spacial score (nSPS) is 12.1. The Hall–Kier alpha value is -3.56. The molecule has 2 N–H and O–H groups in total. The first-order chi connectivity index (χ1) is 17.4. The molecule has 10 nitrogen and oxygen atoms in total. The minimum absolute atomic E-state index is 0.0246. The summed E-state index contributed by atoms with van der Waals surface area (Å²) in [5.74, 6) is 0.137. The van der Waals surface area contributed by atoms with Gasteiger partial charge in [0, 0.05) is 19.0 Å². The van der Waals surface area contributed by atoms with Crippen LogP contribution in [0, 0.1) is 11.3 Å². The van der Waals surface area contributed by atoms with Crippen LogP contribution in [0.25, 0.3) is 11.3 Å². The summed E-state index contributed by atoms with van der Waals surface area (Å²) in [6, 6.07) is 6.77. The number of nitrogens with zero attached hydrogens (tertiary/aromatic N) is 2. The quantitative estimate of drug-likeness (QED) is 0.415. The maximum Gasteiger partial charge on any atom is 0.325 e. The van der Waals surface area contributed by atoms with Crippen molar-refractivity contribution < 1.29 is 28.6 Å². The number of nitrogens with one attached hydrogen (secondary N) is 2. The number of rotatable bonds is 12. The summed E-state index contributed by atoms with van der Waals surface area (Å²) in [7, 11) is 4.42. The number of hydrogen-bond donors (Lipinski definition) is 2. The number of carbonyl (C=O) groups is 3. The fraction of sp³-hybridized carbons (Fsp3) is 0.556. The van der Waals surface area contributed by atoms with Crippen molar-refractivity contribution in [2.75, 3.05) is 27.9 Å². The van der Waals surface area contributed by atoms with E-state index in [4.69, 9.17) is 9.47 Å². The zero-order valence-electron chi connectivity index (χ0n) is 23.1. The zero-order chi connectivity index (χ0) is 27.8. The molecule has 0 aliphatic rings. The molecule has 0 bridgehead atoms. The summed E-state index contributed by atoms with van der Waals surface area (Å²) in [5.41, 5.74) is 1.48. The van der Waals surface area contributed by atoms with E-state index in [1.165, 1.54) is 7.11 Å². The van der Waals surface area contributed by atoms with Gasteiger partial charge in [-0.15, -0.1) is 0 Å². The molecular formula is C27H40N4O6. The summed E-state index contributed by atoms with van der Waals surface area (Å²) in [6.07, 6.45) is 0.601. The van der Waals surface area contributed by atoms with E-state index in [1.807, 2.05) is 32.0 Å². The lowest BCUT2D eigenvalue weighted by Gasteiger charge is -2.21. The molecule has 37 heavy (non-hydrogen) atoms. The number of esters is 1. The standard InChI is InChI=1S/C27H40N4O6/c1-17(2)12-18(13-23(32)28-15-24(33)37-8)29-26(34)19-14-20(31(30-19)16-27(3,4)5)25-21(35-6)10-9-11-22(25)36-7/h9-11,14,17-18H,12-13,15-16H2,1-8H3,(H,28,32)(H,29,34)/t18-/m0/s1. The summed E-state index contributed by atoms with van der Waals surface area (Å²) in [5, 5.41) is 10.1. The van der Waals surface area contributed by atoms with Crippen LogP contribution in [0.2, 0.25) is 0 Å². The van der Waals surface area contributed by atoms with Gasteiger partial charge in [-0.2, -0.15) is 5.10 Å². The molecule has 1 aromatic carbocycles. The Morgan fingerprint density at radius 3 is 2.19 bits per heavy atom. The van der Waals surface area contributed by atoms with Gasteiger partial charge in [-0.25, -0.2) is 0 Å². The molecule has 1 heterocycles. The minimum Gasteiger partial charge on any atom is -0.496 e. The van der Waals surface area contributed by atoms with E-state index in [1.54, 1.807) is 25.0 Å². The van der Waals surface area contributed by atoms with E-state index in [-0.39, 0.29) is 35.9 Å². The van der Waals surface area contributed by atoms with Crippen LogP contribution in [-0.2, 0) is 20.9 Å². The van der Waals surface area contributed by atoms with Crippen LogP contribution in [0.1, 0.15) is 57.9 Å². The van der Waals surface area contributed by atoms with E-state index in [2.05, 4.69) is 41.2 Å². The van der Waals surface area contributed by atoms with Gasteiger partial charge in [0.2, 0.25) is 5.91 Å². The molecule has 204 valence electrons. The maximum absolute atomic E-state index is 13.3. The lowest BCUT2D eigenvalue weighted by atomic mass is 9.96. The molecule has 2 aromatic rings. The highest BCUT2D eigenvalue weighted by Crippen LogP contribution is 2.39. The molecule has 1 atom stereocenters. The van der Waals surface area contributed by atoms with E-state index >= 15 is 0 Å². The van der Waals surface area contributed by atoms with Gasteiger partial charge in [-0.3, -0.25) is 19.1 Å². The topological polar surface area (TPSA) is 121 Å². The Labute approximate surface area is 219 Å². The third kappa shape index (κ3) is 8.80. The lowest BCUT2D eigenvalue weighted by Crippen LogP contribution is -2.41. The summed E-state index contributed by atoms with van der Waals surface area (Å²) in [4.78, 5) is 37.1. The van der Waals surface area contributed by atoms with Crippen molar-refractivity contribution in [3.8, 4) is 22.8 Å². The van der Waals surface area contributed by atoms with Gasteiger partial charge in [0.15, 0.2) is 5.69 Å². The Balaban J connectivity index is 2.39. The predicted octanol–water partition coefficient (Wildman–Crippen LogP) is 3.44. The van der Waals surface area contributed by atoms with E-state index in [9.17, 15) is 14.4 Å². The monoisotopic (exact) mass is 516 g/mol. The van der Waals surface area contributed by atoms with E-state index < -0.39 is 17.9 Å². The first-order valence-electron chi connectivity index (χ1n) is 12.3. The van der Waals surface area contributed by atoms with Gasteiger partial charge in [-0.1, -0.05) is 40.7 Å². The summed E-state index contributed by atoms with van der Waals surface area (Å²) in [6.45, 7) is 10.6. The molecule has 10 heteroatoms. The van der Waals surface area contributed by atoms with Crippen LogP contribution < -0.4 is 20.1 Å². The molecule has 0 saturated heterocycles. The van der Waals surface area contributed by atoms with Crippen LogP contribution in [0.5, 0.6) is 11.5 Å². The number of ether oxygens (including phenoxy) is 3. The molecule has 0 aliphatic carbocycles. The first-order valence-corrected chi connectivity index (χ1v) is 12.3. The van der Waals surface area contributed by atoms with E-state index in [0.29, 0.717) is 35.7 Å². The van der Waals surface area contributed by atoms with Crippen molar-refractivity contribution in [1.82, 2.24) is 20.4 Å². The van der Waals surface area contributed by atoms with Crippen molar-refractivity contribution in [3.63, 3.8) is 0 Å². The summed E-state index contributed by atoms with van der Waals surface area (Å²) < 4.78 is 17.5. The second-order valence-corrected chi connectivity index (χ2v) is 10.5. The Kier molecular flexibility index (Phi) is 10.5. The second-order valence-electron chi connectivity index (χ2n) is 10.5. The Morgan fingerprint density at radius 1 is 1.05 bits per heavy atom. The second kappa shape index (κ2) is 13.1. The number of methoxy groups -OCH3 is 3. The SMILES string of the molecule is COC(=O)CNC(=O)C[C@H](CC(C)C)NC(=O)c1cc(-c2c(OC)cccc2OC)n(CC(C)(C)C)n1. The van der Waals surface area contributed by atoms with Crippen molar-refractivity contribution in [1.29, 1.82) is 0 Å². The highest BCUT2D eigenvalue weighted by atomic mass is 16.5. The zero-order valence-corrected chi connectivity index (χ0v) is 23.1. The highest BCUT2D eigenvalue weighted by molar-refractivity contribution is 5.94. The molecule has 0 unspecified atom stereocenters. The Morgan fingerprint density at radius 2 is 1.68 bits per heavy atom. The number of carbonyl (C=O) groups excluding carboxylic acids is 3. The van der Waals surface area contributed by atoms with Gasteiger partial charge in [0.05, 0.1) is 32.6 Å². The fourth-order valence-corrected chi connectivity index (χ4v) is 3.96. The maximum atomic E-state index is 13.3. The van der Waals surface area contributed by atoms with Crippen LogP contribution in [-0.4, -0.2) is 61.5 Å². The third-order valence-electron chi connectivity index (χ3n) is 5.50. The van der Waals surface area contributed by atoms with Gasteiger partial charge in [0.25, 0.3) is 5.91 Å². The molecule has 0 radical (unpaired) electrons. The Bertz CT molecular complexity index is 1060. The molecule has 0 fully saturated rings. The average molecular weight is 517 g/mol. The average Bonchev–Trinajstić information content (AvgIpc) is 3.23. The van der Waals surface area contributed by atoms with Crippen LogP contribution in [0.15, 0.2) is 24.3 Å². The largest absolute Gasteiger partial charge is 0.496 e. The molecule has 1 aromatic heterocycles. The van der Waals surface area contributed by atoms with Crippen molar-refractivity contribution in [2.45, 2.75) is 60.0 Å². The first kappa shape index (κ1) is 29.7. The van der Waals surface area contributed by atoms with Crippen LogP contribution >= 0.6 is 0 Å². The number of aromatic nitrogens is 2. The summed E-state index contributed by atoms with van der Waals surface area (Å²) >= 11 is 0. The van der Waals surface area contributed by atoms with E-state index in [0.717, 1.165) is 0 Å². The van der Waals surface area contributed by atoms with Crippen molar-refractivity contribution in [2.24, 2.45) is 11.3 Å². The number of amides is 2. The van der Waals surface area contributed by atoms with Gasteiger partial charge in [-0.05, 0) is 36.0 Å². The predicted molar refractivity (Wildman–Crippen MR) is 141 cm³/mol. The molecule has 0 aliphatic heterocycles. The molecule has 2 amide bonds. The smallest absolute Gasteiger partial charge is 0.325 e.